The lowest BCUT2D eigenvalue weighted by Gasteiger charge is -2.25. The maximum atomic E-state index is 5.43. The van der Waals surface area contributed by atoms with Crippen molar-refractivity contribution >= 4 is 0 Å². The van der Waals surface area contributed by atoms with Crippen LogP contribution >= 0.6 is 0 Å². The van der Waals surface area contributed by atoms with Crippen LogP contribution in [0, 0.1) is 13.8 Å². The van der Waals surface area contributed by atoms with Gasteiger partial charge in [-0.1, -0.05) is 12.1 Å². The third kappa shape index (κ3) is 3.35. The highest BCUT2D eigenvalue weighted by Gasteiger charge is 2.25. The summed E-state index contributed by atoms with van der Waals surface area (Å²) < 4.78 is 7.42. The fourth-order valence-electron chi connectivity index (χ4n) is 3.94. The van der Waals surface area contributed by atoms with E-state index in [9.17, 15) is 0 Å². The van der Waals surface area contributed by atoms with Crippen LogP contribution in [0.15, 0.2) is 42.7 Å². The molecule has 5 nitrogen and oxygen atoms in total. The first-order valence-corrected chi connectivity index (χ1v) is 9.53. The van der Waals surface area contributed by atoms with Crippen molar-refractivity contribution in [2.45, 2.75) is 45.7 Å². The molecule has 27 heavy (non-hydrogen) atoms. The minimum Gasteiger partial charge on any atom is -0.496 e. The number of fused-ring (bicyclic) bond motifs is 1. The van der Waals surface area contributed by atoms with Gasteiger partial charge in [0, 0.05) is 24.3 Å². The van der Waals surface area contributed by atoms with Crippen LogP contribution in [-0.2, 0) is 13.0 Å². The topological polar surface area (TPSA) is 52.0 Å². The Morgan fingerprint density at radius 2 is 2.07 bits per heavy atom. The molecule has 1 N–H and O–H groups in total. The molecule has 0 aliphatic heterocycles. The van der Waals surface area contributed by atoms with Crippen LogP contribution in [0.5, 0.6) is 5.75 Å². The van der Waals surface area contributed by atoms with Gasteiger partial charge < -0.3 is 10.1 Å². The van der Waals surface area contributed by atoms with Crippen LogP contribution in [-0.4, -0.2) is 21.9 Å². The third-order valence-corrected chi connectivity index (χ3v) is 5.66. The summed E-state index contributed by atoms with van der Waals surface area (Å²) in [5.74, 6) is 1.84. The molecule has 0 bridgehead atoms. The number of methoxy groups -OCH3 is 1. The Morgan fingerprint density at radius 3 is 2.85 bits per heavy atom. The summed E-state index contributed by atoms with van der Waals surface area (Å²) in [5.41, 5.74) is 6.40. The fourth-order valence-corrected chi connectivity index (χ4v) is 3.94. The molecule has 3 aromatic rings. The van der Waals surface area contributed by atoms with Gasteiger partial charge in [0.2, 0.25) is 0 Å². The van der Waals surface area contributed by atoms with Crippen LogP contribution in [0.25, 0.3) is 5.82 Å². The van der Waals surface area contributed by atoms with Gasteiger partial charge in [-0.25, -0.2) is 9.67 Å². The minimum atomic E-state index is 0.327. The summed E-state index contributed by atoms with van der Waals surface area (Å²) in [5, 5.41) is 8.38. The zero-order chi connectivity index (χ0) is 18.8. The van der Waals surface area contributed by atoms with Crippen molar-refractivity contribution in [2.75, 3.05) is 7.11 Å². The molecule has 0 fully saturated rings. The Balaban J connectivity index is 1.55. The quantitative estimate of drug-likeness (QED) is 0.744. The van der Waals surface area contributed by atoms with Gasteiger partial charge in [0.15, 0.2) is 5.82 Å². The molecule has 140 valence electrons. The Labute approximate surface area is 160 Å². The lowest BCUT2D eigenvalue weighted by atomic mass is 9.92. The number of nitrogens with one attached hydrogen (secondary N) is 1. The van der Waals surface area contributed by atoms with Gasteiger partial charge in [0.1, 0.15) is 5.75 Å². The van der Waals surface area contributed by atoms with Gasteiger partial charge >= 0.3 is 0 Å². The number of aromatic nitrogens is 3. The van der Waals surface area contributed by atoms with Crippen LogP contribution in [0.4, 0.5) is 0 Å². The van der Waals surface area contributed by atoms with Crippen LogP contribution in [0.1, 0.15) is 46.8 Å². The largest absolute Gasteiger partial charge is 0.496 e. The average Bonchev–Trinajstić information content (AvgIpc) is 3.14. The van der Waals surface area contributed by atoms with Crippen molar-refractivity contribution in [1.82, 2.24) is 20.1 Å². The van der Waals surface area contributed by atoms with E-state index in [1.807, 2.05) is 35.3 Å². The molecular formula is C22H26N4O. The van der Waals surface area contributed by atoms with Gasteiger partial charge in [0.05, 0.1) is 19.0 Å². The second-order valence-electron chi connectivity index (χ2n) is 7.15. The molecule has 0 unspecified atom stereocenters. The Morgan fingerprint density at radius 1 is 1.19 bits per heavy atom. The van der Waals surface area contributed by atoms with Crippen LogP contribution in [0.2, 0.25) is 0 Å². The van der Waals surface area contributed by atoms with Crippen molar-refractivity contribution in [1.29, 1.82) is 0 Å². The Hall–Kier alpha value is -2.66. The van der Waals surface area contributed by atoms with E-state index < -0.39 is 0 Å². The van der Waals surface area contributed by atoms with Crippen LogP contribution in [0.3, 0.4) is 0 Å². The van der Waals surface area contributed by atoms with E-state index in [1.54, 1.807) is 7.11 Å². The van der Waals surface area contributed by atoms with Crippen LogP contribution < -0.4 is 10.1 Å². The standard InChI is InChI=1S/C22H26N4O/c1-15-16(2)21(27-3)11-10-17(15)13-24-19-7-6-8-20-18(19)14-25-26(20)22-9-4-5-12-23-22/h4-5,9-12,14,19,24H,6-8,13H2,1-3H3/t19-/m0/s1. The van der Waals surface area contributed by atoms with Crippen molar-refractivity contribution < 1.29 is 4.74 Å². The molecule has 5 heteroatoms. The number of ether oxygens (including phenoxy) is 1. The molecule has 2 heterocycles. The molecule has 1 aromatic carbocycles. The number of benzene rings is 1. The number of nitrogens with zero attached hydrogens (tertiary/aromatic N) is 3. The summed E-state index contributed by atoms with van der Waals surface area (Å²) >= 11 is 0. The normalized spacial score (nSPS) is 16.2. The lowest BCUT2D eigenvalue weighted by Crippen LogP contribution is -2.25. The highest BCUT2D eigenvalue weighted by molar-refractivity contribution is 5.43. The van der Waals surface area contributed by atoms with E-state index in [4.69, 9.17) is 4.74 Å². The molecule has 1 atom stereocenters. The SMILES string of the molecule is COc1ccc(CN[C@H]2CCCc3c2cnn3-c2ccccn2)c(C)c1C. The second-order valence-corrected chi connectivity index (χ2v) is 7.15. The number of rotatable bonds is 5. The third-order valence-electron chi connectivity index (χ3n) is 5.66. The molecule has 0 radical (unpaired) electrons. The number of pyridine rings is 1. The monoisotopic (exact) mass is 362 g/mol. The van der Waals surface area contributed by atoms with E-state index in [0.29, 0.717) is 6.04 Å². The van der Waals surface area contributed by atoms with Crippen molar-refractivity contribution in [2.24, 2.45) is 0 Å². The summed E-state index contributed by atoms with van der Waals surface area (Å²) in [6, 6.07) is 10.5. The van der Waals surface area contributed by atoms with E-state index in [2.05, 4.69) is 41.4 Å². The van der Waals surface area contributed by atoms with E-state index in [0.717, 1.165) is 37.4 Å². The maximum absolute atomic E-state index is 5.43. The molecule has 1 aliphatic rings. The summed E-state index contributed by atoms with van der Waals surface area (Å²) in [6.07, 6.45) is 7.16. The first-order valence-electron chi connectivity index (χ1n) is 9.53. The highest BCUT2D eigenvalue weighted by atomic mass is 16.5. The summed E-state index contributed by atoms with van der Waals surface area (Å²) in [6.45, 7) is 5.13. The Kier molecular flexibility index (Phi) is 4.94. The van der Waals surface area contributed by atoms with Gasteiger partial charge in [-0.15, -0.1) is 0 Å². The average molecular weight is 362 g/mol. The highest BCUT2D eigenvalue weighted by Crippen LogP contribution is 2.31. The molecule has 4 rings (SSSR count). The molecule has 0 amide bonds. The molecule has 1 aliphatic carbocycles. The number of hydrogen-bond donors (Lipinski definition) is 1. The second kappa shape index (κ2) is 7.53. The first kappa shape index (κ1) is 17.7. The van der Waals surface area contributed by atoms with Gasteiger partial charge in [-0.2, -0.15) is 5.10 Å². The minimum absolute atomic E-state index is 0.327. The molecular weight excluding hydrogens is 336 g/mol. The molecule has 0 spiro atoms. The van der Waals surface area contributed by atoms with Crippen molar-refractivity contribution in [3.8, 4) is 11.6 Å². The first-order chi connectivity index (χ1) is 13.2. The van der Waals surface area contributed by atoms with Crippen molar-refractivity contribution in [3.05, 3.63) is 70.7 Å². The van der Waals surface area contributed by atoms with E-state index >= 15 is 0 Å². The van der Waals surface area contributed by atoms with E-state index in [1.165, 1.54) is 27.9 Å². The summed E-state index contributed by atoms with van der Waals surface area (Å²) in [4.78, 5) is 4.45. The molecule has 0 saturated carbocycles. The zero-order valence-corrected chi connectivity index (χ0v) is 16.2. The predicted octanol–water partition coefficient (Wildman–Crippen LogP) is 4.06. The van der Waals surface area contributed by atoms with Gasteiger partial charge in [-0.05, 0) is 68.0 Å². The molecule has 0 saturated heterocycles. The maximum Gasteiger partial charge on any atom is 0.153 e. The van der Waals surface area contributed by atoms with Gasteiger partial charge in [-0.3, -0.25) is 0 Å². The Bertz CT molecular complexity index is 933. The molecule has 2 aromatic heterocycles. The summed E-state index contributed by atoms with van der Waals surface area (Å²) in [7, 11) is 1.72. The zero-order valence-electron chi connectivity index (χ0n) is 16.2. The van der Waals surface area contributed by atoms with Crippen molar-refractivity contribution in [3.63, 3.8) is 0 Å². The van der Waals surface area contributed by atoms with E-state index in [-0.39, 0.29) is 0 Å². The fraction of sp³-hybridized carbons (Fsp3) is 0.364. The lowest BCUT2D eigenvalue weighted by molar-refractivity contribution is 0.410. The predicted molar refractivity (Wildman–Crippen MR) is 106 cm³/mol. The smallest absolute Gasteiger partial charge is 0.153 e. The number of hydrogen-bond acceptors (Lipinski definition) is 4. The van der Waals surface area contributed by atoms with Gasteiger partial charge in [0.25, 0.3) is 0 Å².